The second-order valence-corrected chi connectivity index (χ2v) is 5.01. The van der Waals surface area contributed by atoms with E-state index in [1.54, 1.807) is 0 Å². The van der Waals surface area contributed by atoms with Crippen LogP contribution in [-0.2, 0) is 4.74 Å². The van der Waals surface area contributed by atoms with Crippen LogP contribution in [0.5, 0.6) is 0 Å². The van der Waals surface area contributed by atoms with Gasteiger partial charge in [-0.2, -0.15) is 0 Å². The van der Waals surface area contributed by atoms with Gasteiger partial charge >= 0.3 is 0 Å². The Balaban J connectivity index is 0.000000845. The van der Waals surface area contributed by atoms with Crippen molar-refractivity contribution in [2.24, 2.45) is 0 Å². The van der Waals surface area contributed by atoms with Crippen LogP contribution in [0, 0.1) is 0 Å². The number of halogens is 1. The summed E-state index contributed by atoms with van der Waals surface area (Å²) in [7, 11) is 0. The molecular formula is C9H18ClNOS. The van der Waals surface area contributed by atoms with Crippen molar-refractivity contribution >= 4 is 24.2 Å². The van der Waals surface area contributed by atoms with Gasteiger partial charge in [-0.1, -0.05) is 0 Å². The van der Waals surface area contributed by atoms with E-state index in [-0.39, 0.29) is 17.3 Å². The molecule has 0 bridgehead atoms. The first-order valence-corrected chi connectivity index (χ1v) is 5.89. The van der Waals surface area contributed by atoms with Crippen LogP contribution in [0.3, 0.4) is 0 Å². The molecule has 0 saturated carbocycles. The molecule has 2 aliphatic heterocycles. The third-order valence-electron chi connectivity index (χ3n) is 2.61. The lowest BCUT2D eigenvalue weighted by molar-refractivity contribution is 0.0112. The molecule has 0 amide bonds. The van der Waals surface area contributed by atoms with E-state index in [0.717, 1.165) is 13.2 Å². The van der Waals surface area contributed by atoms with Gasteiger partial charge in [0.1, 0.15) is 4.93 Å². The normalized spacial score (nSPS) is 35.1. The largest absolute Gasteiger partial charge is 0.364 e. The van der Waals surface area contributed by atoms with Crippen molar-refractivity contribution in [3.63, 3.8) is 0 Å². The summed E-state index contributed by atoms with van der Waals surface area (Å²) >= 11 is 2.04. The SMILES string of the molecule is C1COC2(CCCNCC2)SC1.Cl. The lowest BCUT2D eigenvalue weighted by atomic mass is 10.1. The fourth-order valence-electron chi connectivity index (χ4n) is 1.92. The Hall–Kier alpha value is 0.560. The highest BCUT2D eigenvalue weighted by atomic mass is 35.5. The zero-order chi connectivity index (χ0) is 8.28. The smallest absolute Gasteiger partial charge is 0.114 e. The minimum absolute atomic E-state index is 0. The monoisotopic (exact) mass is 223 g/mol. The van der Waals surface area contributed by atoms with Crippen LogP contribution in [0.25, 0.3) is 0 Å². The minimum Gasteiger partial charge on any atom is -0.364 e. The van der Waals surface area contributed by atoms with E-state index in [1.807, 2.05) is 11.8 Å². The molecule has 0 aromatic carbocycles. The van der Waals surface area contributed by atoms with E-state index in [2.05, 4.69) is 5.32 Å². The first-order chi connectivity index (χ1) is 5.91. The molecule has 0 aromatic rings. The molecule has 1 unspecified atom stereocenters. The summed E-state index contributed by atoms with van der Waals surface area (Å²) in [6.45, 7) is 3.28. The van der Waals surface area contributed by atoms with Gasteiger partial charge in [0.2, 0.25) is 0 Å². The fraction of sp³-hybridized carbons (Fsp3) is 1.00. The minimum atomic E-state index is 0. The highest BCUT2D eigenvalue weighted by Gasteiger charge is 2.34. The van der Waals surface area contributed by atoms with E-state index < -0.39 is 0 Å². The topological polar surface area (TPSA) is 21.3 Å². The van der Waals surface area contributed by atoms with Gasteiger partial charge in [0.05, 0.1) is 0 Å². The molecule has 2 rings (SSSR count). The summed E-state index contributed by atoms with van der Waals surface area (Å²) in [6, 6.07) is 0. The van der Waals surface area contributed by atoms with Gasteiger partial charge in [0.25, 0.3) is 0 Å². The van der Waals surface area contributed by atoms with Gasteiger partial charge in [-0.3, -0.25) is 0 Å². The number of thioether (sulfide) groups is 1. The van der Waals surface area contributed by atoms with Crippen LogP contribution < -0.4 is 5.32 Å². The van der Waals surface area contributed by atoms with Crippen molar-refractivity contribution < 1.29 is 4.74 Å². The van der Waals surface area contributed by atoms with Crippen molar-refractivity contribution in [2.75, 3.05) is 25.4 Å². The van der Waals surface area contributed by atoms with Gasteiger partial charge in [0.15, 0.2) is 0 Å². The second-order valence-electron chi connectivity index (χ2n) is 3.56. The van der Waals surface area contributed by atoms with Crippen molar-refractivity contribution in [1.82, 2.24) is 5.32 Å². The van der Waals surface area contributed by atoms with Crippen molar-refractivity contribution in [3.05, 3.63) is 0 Å². The molecule has 2 aliphatic rings. The molecule has 1 atom stereocenters. The molecular weight excluding hydrogens is 206 g/mol. The molecule has 0 aliphatic carbocycles. The number of hydrogen-bond acceptors (Lipinski definition) is 3. The van der Waals surface area contributed by atoms with E-state index in [1.165, 1.54) is 38.0 Å². The predicted molar refractivity (Wildman–Crippen MR) is 59.7 cm³/mol. The zero-order valence-electron chi connectivity index (χ0n) is 7.88. The summed E-state index contributed by atoms with van der Waals surface area (Å²) < 4.78 is 5.91. The molecule has 2 nitrogen and oxygen atoms in total. The molecule has 1 N–H and O–H groups in total. The Morgan fingerprint density at radius 2 is 2.08 bits per heavy atom. The fourth-order valence-corrected chi connectivity index (χ4v) is 3.25. The molecule has 1 spiro atoms. The van der Waals surface area contributed by atoms with Gasteiger partial charge in [-0.15, -0.1) is 24.2 Å². The standard InChI is InChI=1S/C9H17NOS.ClH/c1-3-9(4-6-10-5-1)11-7-2-8-12-9;/h10H,1-8H2;1H. The Bertz CT molecular complexity index is 141. The number of ether oxygens (including phenoxy) is 1. The van der Waals surface area contributed by atoms with Crippen LogP contribution in [0.4, 0.5) is 0 Å². The Morgan fingerprint density at radius 1 is 1.15 bits per heavy atom. The number of hydrogen-bond donors (Lipinski definition) is 1. The lowest BCUT2D eigenvalue weighted by Gasteiger charge is -2.35. The van der Waals surface area contributed by atoms with Crippen LogP contribution in [0.1, 0.15) is 25.7 Å². The van der Waals surface area contributed by atoms with Crippen molar-refractivity contribution in [1.29, 1.82) is 0 Å². The van der Waals surface area contributed by atoms with E-state index >= 15 is 0 Å². The summed E-state index contributed by atoms with van der Waals surface area (Å²) in [4.78, 5) is 0.196. The highest BCUT2D eigenvalue weighted by molar-refractivity contribution is 8.00. The van der Waals surface area contributed by atoms with Gasteiger partial charge < -0.3 is 10.1 Å². The van der Waals surface area contributed by atoms with E-state index in [9.17, 15) is 0 Å². The molecule has 0 aromatic heterocycles. The van der Waals surface area contributed by atoms with Gasteiger partial charge in [-0.05, 0) is 44.5 Å². The van der Waals surface area contributed by atoms with Crippen molar-refractivity contribution in [2.45, 2.75) is 30.6 Å². The third kappa shape index (κ3) is 3.01. The summed E-state index contributed by atoms with van der Waals surface area (Å²) in [6.07, 6.45) is 4.94. The summed E-state index contributed by atoms with van der Waals surface area (Å²) in [5, 5.41) is 3.43. The average Bonchev–Trinajstić information content (AvgIpc) is 2.33. The Kier molecular flexibility index (Phi) is 4.87. The molecule has 4 heteroatoms. The Labute approximate surface area is 90.6 Å². The Morgan fingerprint density at radius 3 is 2.85 bits per heavy atom. The maximum atomic E-state index is 5.91. The quantitative estimate of drug-likeness (QED) is 0.679. The molecule has 2 fully saturated rings. The lowest BCUT2D eigenvalue weighted by Crippen LogP contribution is -2.34. The molecule has 2 heterocycles. The first kappa shape index (κ1) is 11.6. The zero-order valence-corrected chi connectivity index (χ0v) is 9.51. The summed E-state index contributed by atoms with van der Waals surface area (Å²) in [5.41, 5.74) is 0. The average molecular weight is 224 g/mol. The van der Waals surface area contributed by atoms with Crippen LogP contribution in [0.2, 0.25) is 0 Å². The molecule has 2 saturated heterocycles. The highest BCUT2D eigenvalue weighted by Crippen LogP contribution is 2.39. The van der Waals surface area contributed by atoms with Crippen molar-refractivity contribution in [3.8, 4) is 0 Å². The second kappa shape index (κ2) is 5.44. The van der Waals surface area contributed by atoms with Crippen LogP contribution in [-0.4, -0.2) is 30.4 Å². The number of rotatable bonds is 0. The van der Waals surface area contributed by atoms with Gasteiger partial charge in [0, 0.05) is 6.61 Å². The maximum Gasteiger partial charge on any atom is 0.114 e. The third-order valence-corrected chi connectivity index (χ3v) is 4.16. The molecule has 0 radical (unpaired) electrons. The first-order valence-electron chi connectivity index (χ1n) is 4.90. The predicted octanol–water partition coefficient (Wildman–Crippen LogP) is 2.03. The molecule has 78 valence electrons. The van der Waals surface area contributed by atoms with Crippen LogP contribution in [0.15, 0.2) is 0 Å². The van der Waals surface area contributed by atoms with E-state index in [0.29, 0.717) is 0 Å². The van der Waals surface area contributed by atoms with Crippen LogP contribution >= 0.6 is 24.2 Å². The number of nitrogens with one attached hydrogen (secondary N) is 1. The summed E-state index contributed by atoms with van der Waals surface area (Å²) in [5.74, 6) is 1.29. The maximum absolute atomic E-state index is 5.91. The van der Waals surface area contributed by atoms with E-state index in [4.69, 9.17) is 4.74 Å². The van der Waals surface area contributed by atoms with Gasteiger partial charge in [-0.25, -0.2) is 0 Å². The molecule has 13 heavy (non-hydrogen) atoms.